The van der Waals surface area contributed by atoms with E-state index in [-0.39, 0.29) is 0 Å². The van der Waals surface area contributed by atoms with Gasteiger partial charge in [0, 0.05) is 0 Å². The van der Waals surface area contributed by atoms with E-state index < -0.39 is 0 Å². The van der Waals surface area contributed by atoms with Crippen LogP contribution in [0.4, 0.5) is 0 Å². The van der Waals surface area contributed by atoms with E-state index in [0.717, 1.165) is 12.8 Å². The molecule has 0 aliphatic heterocycles. The molecule has 0 amide bonds. The van der Waals surface area contributed by atoms with Crippen molar-refractivity contribution in [3.05, 3.63) is 57.6 Å². The fraction of sp³-hybridized carbons (Fsp3) is 0.400. The van der Waals surface area contributed by atoms with Crippen LogP contribution in [0, 0.1) is 0 Å². The molecule has 1 nitrogen and oxygen atoms in total. The predicted molar refractivity (Wildman–Crippen MR) is 100 cm³/mol. The summed E-state index contributed by atoms with van der Waals surface area (Å²) >= 11 is 12.7. The number of aryl methyl sites for hydroxylation is 2. The van der Waals surface area contributed by atoms with Gasteiger partial charge in [0.15, 0.2) is 0 Å². The minimum Gasteiger partial charge on any atom is -0.454 e. The lowest BCUT2D eigenvalue weighted by Gasteiger charge is -2.11. The molecule has 124 valence electrons. The molecule has 2 rings (SSSR count). The van der Waals surface area contributed by atoms with Gasteiger partial charge in [0.25, 0.3) is 0 Å². The summed E-state index contributed by atoms with van der Waals surface area (Å²) in [7, 11) is 0. The Labute approximate surface area is 149 Å². The fourth-order valence-electron chi connectivity index (χ4n) is 2.45. The minimum absolute atomic E-state index is 0.629. The summed E-state index contributed by atoms with van der Waals surface area (Å²) in [4.78, 5) is 0. The molecule has 0 saturated carbocycles. The Morgan fingerprint density at radius 1 is 0.739 bits per heavy atom. The molecule has 0 spiro atoms. The first-order chi connectivity index (χ1) is 11.1. The molecule has 0 N–H and O–H groups in total. The van der Waals surface area contributed by atoms with E-state index in [9.17, 15) is 0 Å². The zero-order chi connectivity index (χ0) is 16.7. The maximum absolute atomic E-state index is 6.34. The lowest BCUT2D eigenvalue weighted by atomic mass is 10.1. The normalized spacial score (nSPS) is 10.8. The van der Waals surface area contributed by atoms with Crippen LogP contribution in [0.1, 0.15) is 50.7 Å². The Morgan fingerprint density at radius 2 is 1.17 bits per heavy atom. The van der Waals surface area contributed by atoms with Gasteiger partial charge in [-0.15, -0.1) is 0 Å². The Kier molecular flexibility index (Phi) is 7.26. The van der Waals surface area contributed by atoms with Gasteiger partial charge in [0.05, 0.1) is 10.0 Å². The monoisotopic (exact) mass is 350 g/mol. The molecule has 3 heteroatoms. The first kappa shape index (κ1) is 18.2. The highest BCUT2D eigenvalue weighted by Crippen LogP contribution is 2.35. The highest BCUT2D eigenvalue weighted by Gasteiger charge is 2.08. The van der Waals surface area contributed by atoms with Crippen LogP contribution in [0.2, 0.25) is 10.0 Å². The summed E-state index contributed by atoms with van der Waals surface area (Å²) in [6.07, 6.45) is 6.78. The third-order valence-electron chi connectivity index (χ3n) is 3.85. The van der Waals surface area contributed by atoms with Crippen LogP contribution in [-0.4, -0.2) is 0 Å². The van der Waals surface area contributed by atoms with Gasteiger partial charge in [0.2, 0.25) is 0 Å². The van der Waals surface area contributed by atoms with Gasteiger partial charge in [-0.1, -0.05) is 62.0 Å². The Morgan fingerprint density at radius 3 is 1.52 bits per heavy atom. The number of ether oxygens (including phenoxy) is 1. The second kappa shape index (κ2) is 9.20. The molecule has 0 aliphatic rings. The average Bonchev–Trinajstić information content (AvgIpc) is 2.55. The third kappa shape index (κ3) is 5.44. The number of hydrogen-bond donors (Lipinski definition) is 0. The van der Waals surface area contributed by atoms with Crippen LogP contribution in [0.3, 0.4) is 0 Å². The molecule has 0 unspecified atom stereocenters. The Bertz CT molecular complexity index is 582. The van der Waals surface area contributed by atoms with Crippen LogP contribution >= 0.6 is 23.2 Å². The van der Waals surface area contributed by atoms with Crippen molar-refractivity contribution in [2.75, 3.05) is 0 Å². The molecule has 2 aromatic carbocycles. The number of rotatable bonds is 8. The Balaban J connectivity index is 2.09. The van der Waals surface area contributed by atoms with Crippen LogP contribution in [0.15, 0.2) is 36.4 Å². The zero-order valence-corrected chi connectivity index (χ0v) is 15.4. The van der Waals surface area contributed by atoms with E-state index in [1.807, 2.05) is 24.3 Å². The number of hydrogen-bond acceptors (Lipinski definition) is 1. The summed E-state index contributed by atoms with van der Waals surface area (Å²) in [6.45, 7) is 4.37. The predicted octanol–water partition coefficient (Wildman–Crippen LogP) is 7.47. The van der Waals surface area contributed by atoms with E-state index in [1.165, 1.54) is 36.8 Å². The van der Waals surface area contributed by atoms with Crippen LogP contribution < -0.4 is 4.74 Å². The molecule has 0 bridgehead atoms. The third-order valence-corrected chi connectivity index (χ3v) is 4.44. The van der Waals surface area contributed by atoms with E-state index in [2.05, 4.69) is 26.0 Å². The van der Waals surface area contributed by atoms with Crippen molar-refractivity contribution in [2.45, 2.75) is 52.4 Å². The van der Waals surface area contributed by atoms with Crippen LogP contribution in [0.5, 0.6) is 11.5 Å². The lowest BCUT2D eigenvalue weighted by molar-refractivity contribution is 0.482. The molecule has 0 heterocycles. The summed E-state index contributed by atoms with van der Waals surface area (Å²) < 4.78 is 5.89. The molecular formula is C20H24Cl2O. The van der Waals surface area contributed by atoms with Crippen molar-refractivity contribution in [1.29, 1.82) is 0 Å². The van der Waals surface area contributed by atoms with Crippen molar-refractivity contribution in [1.82, 2.24) is 0 Å². The van der Waals surface area contributed by atoms with Gasteiger partial charge in [-0.05, 0) is 61.1 Å². The molecule has 0 radical (unpaired) electrons. The number of unbranched alkanes of at least 4 members (excludes halogenated alkanes) is 2. The maximum atomic E-state index is 6.34. The SMILES string of the molecule is CCCCc1ccc(Oc2ccc(CCCC)cc2Cl)c(Cl)c1. The van der Waals surface area contributed by atoms with Crippen LogP contribution in [-0.2, 0) is 12.8 Å². The molecular weight excluding hydrogens is 327 g/mol. The number of benzene rings is 2. The van der Waals surface area contributed by atoms with Gasteiger partial charge in [0.1, 0.15) is 11.5 Å². The summed E-state index contributed by atoms with van der Waals surface area (Å²) in [5, 5.41) is 1.26. The molecule has 0 fully saturated rings. The highest BCUT2D eigenvalue weighted by molar-refractivity contribution is 6.33. The lowest BCUT2D eigenvalue weighted by Crippen LogP contribution is -1.91. The van der Waals surface area contributed by atoms with Gasteiger partial charge in [-0.3, -0.25) is 0 Å². The molecule has 23 heavy (non-hydrogen) atoms. The quantitative estimate of drug-likeness (QED) is 0.479. The molecule has 0 atom stereocenters. The summed E-state index contributed by atoms with van der Waals surface area (Å²) in [5.41, 5.74) is 2.48. The van der Waals surface area contributed by atoms with Crippen molar-refractivity contribution in [3.63, 3.8) is 0 Å². The van der Waals surface area contributed by atoms with E-state index in [0.29, 0.717) is 21.5 Å². The van der Waals surface area contributed by atoms with Crippen molar-refractivity contribution in [3.8, 4) is 11.5 Å². The van der Waals surface area contributed by atoms with Crippen molar-refractivity contribution in [2.24, 2.45) is 0 Å². The summed E-state index contributed by atoms with van der Waals surface area (Å²) in [6, 6.07) is 12.0. The second-order valence-electron chi connectivity index (χ2n) is 5.84. The van der Waals surface area contributed by atoms with Gasteiger partial charge in [-0.25, -0.2) is 0 Å². The molecule has 0 aromatic heterocycles. The molecule has 2 aromatic rings. The average molecular weight is 351 g/mol. The van der Waals surface area contributed by atoms with E-state index in [1.54, 1.807) is 0 Å². The van der Waals surface area contributed by atoms with Gasteiger partial charge in [-0.2, -0.15) is 0 Å². The fourth-order valence-corrected chi connectivity index (χ4v) is 2.93. The first-order valence-corrected chi connectivity index (χ1v) is 9.14. The standard InChI is InChI=1S/C20H24Cl2O/c1-3-5-7-15-9-11-19(17(21)13-15)23-20-12-10-16(8-6-4-2)14-18(20)22/h9-14H,3-8H2,1-2H3. The van der Waals surface area contributed by atoms with E-state index in [4.69, 9.17) is 27.9 Å². The topological polar surface area (TPSA) is 9.23 Å². The zero-order valence-electron chi connectivity index (χ0n) is 13.9. The van der Waals surface area contributed by atoms with E-state index >= 15 is 0 Å². The highest BCUT2D eigenvalue weighted by atomic mass is 35.5. The van der Waals surface area contributed by atoms with Crippen LogP contribution in [0.25, 0.3) is 0 Å². The Hall–Kier alpha value is -1.18. The maximum Gasteiger partial charge on any atom is 0.146 e. The van der Waals surface area contributed by atoms with Crippen molar-refractivity contribution < 1.29 is 4.74 Å². The summed E-state index contributed by atoms with van der Waals surface area (Å²) in [5.74, 6) is 1.30. The number of halogens is 2. The molecule has 0 saturated heterocycles. The minimum atomic E-state index is 0.629. The molecule has 0 aliphatic carbocycles. The van der Waals surface area contributed by atoms with Crippen molar-refractivity contribution >= 4 is 23.2 Å². The van der Waals surface area contributed by atoms with Gasteiger partial charge < -0.3 is 4.74 Å². The largest absolute Gasteiger partial charge is 0.454 e. The smallest absolute Gasteiger partial charge is 0.146 e. The second-order valence-corrected chi connectivity index (χ2v) is 6.65. The first-order valence-electron chi connectivity index (χ1n) is 8.38. The van der Waals surface area contributed by atoms with Gasteiger partial charge >= 0.3 is 0 Å².